The Balaban J connectivity index is 1.86. The molecule has 1 aromatic carbocycles. The summed E-state index contributed by atoms with van der Waals surface area (Å²) < 4.78 is 0. The van der Waals surface area contributed by atoms with Crippen molar-refractivity contribution in [3.05, 3.63) is 52.1 Å². The summed E-state index contributed by atoms with van der Waals surface area (Å²) in [6.45, 7) is 1.87. The molecule has 4 nitrogen and oxygen atoms in total. The third-order valence-corrected chi connectivity index (χ3v) is 3.29. The Kier molecular flexibility index (Phi) is 4.54. The number of amides is 2. The number of carbonyl (C=O) groups is 1. The van der Waals surface area contributed by atoms with Gasteiger partial charge in [0.1, 0.15) is 0 Å². The molecular weight excluding hydrogens is 282 g/mol. The van der Waals surface area contributed by atoms with E-state index in [1.807, 2.05) is 30.5 Å². The quantitative estimate of drug-likeness (QED) is 0.902. The van der Waals surface area contributed by atoms with Gasteiger partial charge in [-0.15, -0.1) is 11.3 Å². The molecule has 0 fully saturated rings. The summed E-state index contributed by atoms with van der Waals surface area (Å²) >= 11 is 7.24. The van der Waals surface area contributed by atoms with E-state index >= 15 is 0 Å². The van der Waals surface area contributed by atoms with E-state index in [4.69, 9.17) is 11.6 Å². The molecule has 0 radical (unpaired) electrons. The predicted octanol–water partition coefficient (Wildman–Crippen LogP) is 3.90. The zero-order valence-corrected chi connectivity index (χ0v) is 11.8. The van der Waals surface area contributed by atoms with E-state index < -0.39 is 0 Å². The van der Waals surface area contributed by atoms with Crippen LogP contribution < -0.4 is 10.6 Å². The van der Waals surface area contributed by atoms with Crippen LogP contribution in [0.15, 0.2) is 35.8 Å². The van der Waals surface area contributed by atoms with Crippen molar-refractivity contribution in [1.82, 2.24) is 10.3 Å². The Morgan fingerprint density at radius 1 is 1.47 bits per heavy atom. The SMILES string of the molecule is Cc1csc(NC(=O)N/C=C/c2cccc(Cl)c2)n1. The van der Waals surface area contributed by atoms with E-state index in [9.17, 15) is 4.79 Å². The average molecular weight is 294 g/mol. The number of hydrogen-bond donors (Lipinski definition) is 2. The Morgan fingerprint density at radius 3 is 3.00 bits per heavy atom. The van der Waals surface area contributed by atoms with Crippen LogP contribution >= 0.6 is 22.9 Å². The number of carbonyl (C=O) groups excluding carboxylic acids is 1. The molecule has 1 aromatic heterocycles. The van der Waals surface area contributed by atoms with Crippen LogP contribution in [0, 0.1) is 6.92 Å². The lowest BCUT2D eigenvalue weighted by molar-refractivity contribution is 0.255. The van der Waals surface area contributed by atoms with Gasteiger partial charge in [0.25, 0.3) is 0 Å². The van der Waals surface area contributed by atoms with Gasteiger partial charge < -0.3 is 5.32 Å². The minimum absolute atomic E-state index is 0.326. The van der Waals surface area contributed by atoms with E-state index in [1.165, 1.54) is 11.3 Å². The van der Waals surface area contributed by atoms with Gasteiger partial charge >= 0.3 is 6.03 Å². The molecule has 98 valence electrons. The average Bonchev–Trinajstić information content (AvgIpc) is 2.75. The smallest absolute Gasteiger partial charge is 0.314 e. The first kappa shape index (κ1) is 13.6. The van der Waals surface area contributed by atoms with Crippen LogP contribution in [0.25, 0.3) is 6.08 Å². The van der Waals surface area contributed by atoms with Gasteiger partial charge in [-0.1, -0.05) is 23.7 Å². The fourth-order valence-electron chi connectivity index (χ4n) is 1.37. The largest absolute Gasteiger partial charge is 0.325 e. The summed E-state index contributed by atoms with van der Waals surface area (Å²) in [6.07, 6.45) is 3.32. The van der Waals surface area contributed by atoms with Crippen molar-refractivity contribution in [2.24, 2.45) is 0 Å². The molecule has 2 amide bonds. The number of anilines is 1. The Bertz CT molecular complexity index is 609. The van der Waals surface area contributed by atoms with Gasteiger partial charge in [-0.3, -0.25) is 5.32 Å². The summed E-state index contributed by atoms with van der Waals surface area (Å²) in [5.74, 6) is 0. The van der Waals surface area contributed by atoms with E-state index in [0.29, 0.717) is 10.2 Å². The minimum Gasteiger partial charge on any atom is -0.314 e. The summed E-state index contributed by atoms with van der Waals surface area (Å²) in [6, 6.07) is 7.02. The highest BCUT2D eigenvalue weighted by Crippen LogP contribution is 2.14. The van der Waals surface area contributed by atoms with Crippen LogP contribution in [0.4, 0.5) is 9.93 Å². The van der Waals surface area contributed by atoms with Crippen LogP contribution in [0.1, 0.15) is 11.3 Å². The minimum atomic E-state index is -0.326. The number of aromatic nitrogens is 1. The van der Waals surface area contributed by atoms with E-state index in [2.05, 4.69) is 15.6 Å². The van der Waals surface area contributed by atoms with Crippen LogP contribution in [-0.2, 0) is 0 Å². The summed E-state index contributed by atoms with van der Waals surface area (Å²) in [4.78, 5) is 15.7. The fraction of sp³-hybridized carbons (Fsp3) is 0.0769. The van der Waals surface area contributed by atoms with E-state index in [0.717, 1.165) is 11.3 Å². The van der Waals surface area contributed by atoms with Gasteiger partial charge in [0, 0.05) is 16.6 Å². The first-order valence-electron chi connectivity index (χ1n) is 5.55. The number of halogens is 1. The topological polar surface area (TPSA) is 54.0 Å². The molecule has 0 bridgehead atoms. The first-order valence-corrected chi connectivity index (χ1v) is 6.81. The van der Waals surface area contributed by atoms with Crippen molar-refractivity contribution in [3.8, 4) is 0 Å². The maximum atomic E-state index is 11.5. The molecule has 6 heteroatoms. The Labute approximate surface area is 120 Å². The zero-order valence-electron chi connectivity index (χ0n) is 10.2. The molecule has 2 rings (SSSR count). The Morgan fingerprint density at radius 2 is 2.32 bits per heavy atom. The molecule has 0 aliphatic carbocycles. The Hall–Kier alpha value is -1.85. The molecule has 0 spiro atoms. The lowest BCUT2D eigenvalue weighted by Gasteiger charge is -2.00. The lowest BCUT2D eigenvalue weighted by Crippen LogP contribution is -2.23. The van der Waals surface area contributed by atoms with Gasteiger partial charge in [-0.25, -0.2) is 9.78 Å². The molecule has 1 heterocycles. The van der Waals surface area contributed by atoms with Crippen molar-refractivity contribution >= 4 is 40.2 Å². The van der Waals surface area contributed by atoms with Crippen LogP contribution in [0.2, 0.25) is 5.02 Å². The highest BCUT2D eigenvalue weighted by Gasteiger charge is 2.02. The number of hydrogen-bond acceptors (Lipinski definition) is 3. The number of thiazole rings is 1. The van der Waals surface area contributed by atoms with Crippen molar-refractivity contribution in [1.29, 1.82) is 0 Å². The van der Waals surface area contributed by atoms with Crippen molar-refractivity contribution < 1.29 is 4.79 Å². The number of nitrogens with zero attached hydrogens (tertiary/aromatic N) is 1. The van der Waals surface area contributed by atoms with Crippen LogP contribution in [-0.4, -0.2) is 11.0 Å². The maximum Gasteiger partial charge on any atom is 0.325 e. The zero-order chi connectivity index (χ0) is 13.7. The number of aryl methyl sites for hydroxylation is 1. The highest BCUT2D eigenvalue weighted by atomic mass is 35.5. The molecular formula is C13H12ClN3OS. The fourth-order valence-corrected chi connectivity index (χ4v) is 2.25. The second-order valence-corrected chi connectivity index (χ2v) is 5.08. The second-order valence-electron chi connectivity index (χ2n) is 3.78. The first-order chi connectivity index (χ1) is 9.13. The number of rotatable bonds is 3. The normalized spacial score (nSPS) is 10.6. The molecule has 0 aliphatic heterocycles. The van der Waals surface area contributed by atoms with E-state index in [-0.39, 0.29) is 6.03 Å². The van der Waals surface area contributed by atoms with Gasteiger partial charge in [0.05, 0.1) is 5.69 Å². The summed E-state index contributed by atoms with van der Waals surface area (Å²) in [5.41, 5.74) is 1.80. The molecule has 0 saturated heterocycles. The summed E-state index contributed by atoms with van der Waals surface area (Å²) in [7, 11) is 0. The van der Waals surface area contributed by atoms with Crippen molar-refractivity contribution in [2.75, 3.05) is 5.32 Å². The molecule has 0 atom stereocenters. The third kappa shape index (κ3) is 4.39. The second kappa shape index (κ2) is 6.36. The third-order valence-electron chi connectivity index (χ3n) is 2.18. The maximum absolute atomic E-state index is 11.5. The predicted molar refractivity (Wildman–Crippen MR) is 79.5 cm³/mol. The standard InChI is InChI=1S/C13H12ClN3OS/c1-9-8-19-13(16-9)17-12(18)15-6-5-10-3-2-4-11(14)7-10/h2-8H,1H3,(H2,15,16,17,18)/b6-5+. The van der Waals surface area contributed by atoms with Crippen LogP contribution in [0.5, 0.6) is 0 Å². The molecule has 0 aliphatic rings. The monoisotopic (exact) mass is 293 g/mol. The van der Waals surface area contributed by atoms with Crippen molar-refractivity contribution in [3.63, 3.8) is 0 Å². The number of nitrogens with one attached hydrogen (secondary N) is 2. The summed E-state index contributed by atoms with van der Waals surface area (Å²) in [5, 5.41) is 8.35. The van der Waals surface area contributed by atoms with Gasteiger partial charge in [-0.05, 0) is 30.7 Å². The molecule has 0 unspecified atom stereocenters. The van der Waals surface area contributed by atoms with Gasteiger partial charge in [0.2, 0.25) is 0 Å². The lowest BCUT2D eigenvalue weighted by atomic mass is 10.2. The number of urea groups is 1. The molecule has 2 N–H and O–H groups in total. The molecule has 0 saturated carbocycles. The van der Waals surface area contributed by atoms with Gasteiger partial charge in [0.15, 0.2) is 5.13 Å². The van der Waals surface area contributed by atoms with Crippen LogP contribution in [0.3, 0.4) is 0 Å². The highest BCUT2D eigenvalue weighted by molar-refractivity contribution is 7.13. The molecule has 2 aromatic rings. The number of benzene rings is 1. The van der Waals surface area contributed by atoms with Crippen molar-refractivity contribution in [2.45, 2.75) is 6.92 Å². The van der Waals surface area contributed by atoms with E-state index in [1.54, 1.807) is 18.3 Å². The van der Waals surface area contributed by atoms with Gasteiger partial charge in [-0.2, -0.15) is 0 Å². The molecule has 19 heavy (non-hydrogen) atoms.